The Bertz CT molecular complexity index is 1630. The number of benzene rings is 3. The first-order valence-corrected chi connectivity index (χ1v) is 19.4. The fourth-order valence-corrected chi connectivity index (χ4v) is 6.73. The summed E-state index contributed by atoms with van der Waals surface area (Å²) in [5.74, 6) is -1.63. The first-order chi connectivity index (χ1) is 26.4. The summed E-state index contributed by atoms with van der Waals surface area (Å²) in [7, 11) is 2.02. The number of hydrogen-bond donors (Lipinski definition) is 5. The number of aliphatic hydroxyl groups excluding tert-OH is 1. The predicted octanol–water partition coefficient (Wildman–Crippen LogP) is 4.99. The number of piperidine rings is 1. The van der Waals surface area contributed by atoms with Gasteiger partial charge in [0.25, 0.3) is 0 Å². The molecular weight excluding hydrogens is 699 g/mol. The highest BCUT2D eigenvalue weighted by Gasteiger charge is 2.36. The number of carbonyl (C=O) groups is 4. The number of likely N-dealkylation sites (tertiary alicyclic amines) is 1. The van der Waals surface area contributed by atoms with Gasteiger partial charge in [-0.2, -0.15) is 0 Å². The van der Waals surface area contributed by atoms with Gasteiger partial charge < -0.3 is 40.7 Å². The maximum absolute atomic E-state index is 14.0. The SMILES string of the molecule is CC(C)[C@H](NC(=O)OCc1ccccc1)C(=O)N[C@@H](Cc1ccccc1)C(O)[C@H](Cc1ccccc1)NC(=O)[C@@H](NC(=O)OCC1CCCCN1C)C(C)C. The second kappa shape index (κ2) is 21.8. The maximum atomic E-state index is 14.0. The number of ether oxygens (including phenoxy) is 2. The van der Waals surface area contributed by atoms with Gasteiger partial charge in [0, 0.05) is 6.04 Å². The van der Waals surface area contributed by atoms with Gasteiger partial charge in [0.1, 0.15) is 25.3 Å². The van der Waals surface area contributed by atoms with Crippen molar-refractivity contribution in [3.8, 4) is 0 Å². The summed E-state index contributed by atoms with van der Waals surface area (Å²) in [5.41, 5.74) is 2.51. The highest BCUT2D eigenvalue weighted by molar-refractivity contribution is 5.87. The Balaban J connectivity index is 1.52. The third kappa shape index (κ3) is 14.0. The molecule has 0 spiro atoms. The molecule has 4 amide bonds. The Kier molecular flexibility index (Phi) is 17.0. The summed E-state index contributed by atoms with van der Waals surface area (Å²) in [6.07, 6.45) is 0.850. The molecule has 1 aliphatic heterocycles. The van der Waals surface area contributed by atoms with Gasteiger partial charge in [0.15, 0.2) is 0 Å². The lowest BCUT2D eigenvalue weighted by atomic mass is 9.91. The smallest absolute Gasteiger partial charge is 0.408 e. The van der Waals surface area contributed by atoms with Crippen molar-refractivity contribution < 1.29 is 33.8 Å². The normalized spacial score (nSPS) is 17.3. The van der Waals surface area contributed by atoms with Crippen molar-refractivity contribution in [1.82, 2.24) is 26.2 Å². The largest absolute Gasteiger partial charge is 0.448 e. The molecule has 0 radical (unpaired) electrons. The molecule has 12 nitrogen and oxygen atoms in total. The lowest BCUT2D eigenvalue weighted by molar-refractivity contribution is -0.126. The van der Waals surface area contributed by atoms with Crippen LogP contribution >= 0.6 is 0 Å². The van der Waals surface area contributed by atoms with Crippen LogP contribution in [0.25, 0.3) is 0 Å². The van der Waals surface area contributed by atoms with E-state index in [0.717, 1.165) is 42.5 Å². The fourth-order valence-electron chi connectivity index (χ4n) is 6.73. The number of likely N-dealkylation sites (N-methyl/N-ethyl adjacent to an activating group) is 1. The first kappa shape index (κ1) is 42.8. The molecule has 0 saturated carbocycles. The van der Waals surface area contributed by atoms with E-state index in [1.165, 1.54) is 0 Å². The van der Waals surface area contributed by atoms with Gasteiger partial charge in [0.2, 0.25) is 11.8 Å². The van der Waals surface area contributed by atoms with Crippen molar-refractivity contribution in [3.63, 3.8) is 0 Å². The number of amides is 4. The molecule has 0 aromatic heterocycles. The monoisotopic (exact) mass is 757 g/mol. The summed E-state index contributed by atoms with van der Waals surface area (Å²) >= 11 is 0. The molecule has 3 aromatic carbocycles. The van der Waals surface area contributed by atoms with Gasteiger partial charge in [-0.25, -0.2) is 9.59 Å². The Morgan fingerprint density at radius 3 is 1.53 bits per heavy atom. The number of hydrogen-bond acceptors (Lipinski definition) is 8. The number of carbonyl (C=O) groups excluding carboxylic acids is 4. The molecule has 3 aromatic rings. The molecule has 6 atom stereocenters. The molecule has 55 heavy (non-hydrogen) atoms. The average molecular weight is 758 g/mol. The number of nitrogens with zero attached hydrogens (tertiary/aromatic N) is 1. The summed E-state index contributed by atoms with van der Waals surface area (Å²) in [5, 5.41) is 23.7. The summed E-state index contributed by atoms with van der Waals surface area (Å²) in [6.45, 7) is 8.47. The molecule has 1 aliphatic rings. The zero-order valence-electron chi connectivity index (χ0n) is 32.8. The molecule has 0 bridgehead atoms. The zero-order valence-corrected chi connectivity index (χ0v) is 32.8. The van der Waals surface area contributed by atoms with Crippen LogP contribution in [0.3, 0.4) is 0 Å². The van der Waals surface area contributed by atoms with Crippen LogP contribution in [0.2, 0.25) is 0 Å². The van der Waals surface area contributed by atoms with Crippen LogP contribution in [0.1, 0.15) is 63.6 Å². The maximum Gasteiger partial charge on any atom is 0.408 e. The van der Waals surface area contributed by atoms with E-state index in [2.05, 4.69) is 26.2 Å². The molecular formula is C43H59N5O7. The second-order valence-corrected chi connectivity index (χ2v) is 15.1. The van der Waals surface area contributed by atoms with Crippen LogP contribution in [-0.2, 0) is 38.5 Å². The molecule has 1 fully saturated rings. The Morgan fingerprint density at radius 2 is 1.09 bits per heavy atom. The first-order valence-electron chi connectivity index (χ1n) is 19.4. The molecule has 12 heteroatoms. The van der Waals surface area contributed by atoms with Crippen molar-refractivity contribution in [1.29, 1.82) is 0 Å². The Labute approximate surface area is 325 Å². The van der Waals surface area contributed by atoms with Gasteiger partial charge in [-0.05, 0) is 67.8 Å². The van der Waals surface area contributed by atoms with Crippen LogP contribution in [0.5, 0.6) is 0 Å². The van der Waals surface area contributed by atoms with E-state index in [1.807, 2.05) is 112 Å². The molecule has 5 N–H and O–H groups in total. The average Bonchev–Trinajstić information content (AvgIpc) is 3.18. The highest BCUT2D eigenvalue weighted by Crippen LogP contribution is 2.17. The number of nitrogens with one attached hydrogen (secondary N) is 4. The molecule has 0 aliphatic carbocycles. The second-order valence-electron chi connectivity index (χ2n) is 15.1. The van der Waals surface area contributed by atoms with Gasteiger partial charge in [-0.3, -0.25) is 9.59 Å². The summed E-state index contributed by atoms with van der Waals surface area (Å²) in [4.78, 5) is 56.0. The van der Waals surface area contributed by atoms with E-state index in [0.29, 0.717) is 0 Å². The van der Waals surface area contributed by atoms with E-state index >= 15 is 0 Å². The van der Waals surface area contributed by atoms with Crippen LogP contribution in [0, 0.1) is 11.8 Å². The van der Waals surface area contributed by atoms with E-state index in [9.17, 15) is 24.3 Å². The molecule has 2 unspecified atom stereocenters. The zero-order chi connectivity index (χ0) is 39.7. The van der Waals surface area contributed by atoms with Gasteiger partial charge in [-0.1, -0.05) is 125 Å². The van der Waals surface area contributed by atoms with Gasteiger partial charge >= 0.3 is 12.2 Å². The standard InChI is InChI=1S/C43H59N5O7/c1-29(2)37(46-42(52)54-27-33-21-13-8-14-22-33)40(50)44-35(25-31-17-9-6-10-18-31)39(49)36(26-32-19-11-7-12-20-32)45-41(51)38(30(3)4)47-43(53)55-28-34-23-15-16-24-48(34)5/h6-14,17-22,29-30,34-39,49H,15-16,23-28H2,1-5H3,(H,44,50)(H,45,51)(H,46,52)(H,47,53)/t34?,35-,36-,37-,38-,39?/m0/s1. The summed E-state index contributed by atoms with van der Waals surface area (Å²) in [6, 6.07) is 24.5. The minimum absolute atomic E-state index is 0.0388. The topological polar surface area (TPSA) is 158 Å². The van der Waals surface area contributed by atoms with Crippen LogP contribution in [0.15, 0.2) is 91.0 Å². The number of rotatable bonds is 18. The third-order valence-electron chi connectivity index (χ3n) is 10.1. The van der Waals surface area contributed by atoms with E-state index in [1.54, 1.807) is 13.8 Å². The van der Waals surface area contributed by atoms with Crippen molar-refractivity contribution in [2.75, 3.05) is 20.2 Å². The van der Waals surface area contributed by atoms with Crippen molar-refractivity contribution >= 4 is 24.0 Å². The highest BCUT2D eigenvalue weighted by atomic mass is 16.6. The van der Waals surface area contributed by atoms with E-state index in [-0.39, 0.29) is 43.9 Å². The lowest BCUT2D eigenvalue weighted by Crippen LogP contribution is -2.61. The van der Waals surface area contributed by atoms with Crippen molar-refractivity contribution in [2.24, 2.45) is 11.8 Å². The molecule has 4 rings (SSSR count). The summed E-state index contributed by atoms with van der Waals surface area (Å²) < 4.78 is 11.0. The minimum Gasteiger partial charge on any atom is -0.448 e. The van der Waals surface area contributed by atoms with Crippen LogP contribution in [0.4, 0.5) is 9.59 Å². The Hall–Kier alpha value is -4.94. The lowest BCUT2D eigenvalue weighted by Gasteiger charge is -2.34. The fraction of sp³-hybridized carbons (Fsp3) is 0.488. The molecule has 1 heterocycles. The molecule has 298 valence electrons. The number of alkyl carbamates (subject to hydrolysis) is 2. The third-order valence-corrected chi connectivity index (χ3v) is 10.1. The number of aliphatic hydroxyl groups is 1. The molecule has 1 saturated heterocycles. The van der Waals surface area contributed by atoms with E-state index in [4.69, 9.17) is 9.47 Å². The predicted molar refractivity (Wildman–Crippen MR) is 212 cm³/mol. The van der Waals surface area contributed by atoms with Crippen LogP contribution < -0.4 is 21.3 Å². The minimum atomic E-state index is -1.30. The van der Waals surface area contributed by atoms with Crippen molar-refractivity contribution in [2.45, 2.75) is 103 Å². The quantitative estimate of drug-likeness (QED) is 0.122. The van der Waals surface area contributed by atoms with Crippen molar-refractivity contribution in [3.05, 3.63) is 108 Å². The van der Waals surface area contributed by atoms with Gasteiger partial charge in [0.05, 0.1) is 18.2 Å². The van der Waals surface area contributed by atoms with E-state index < -0.39 is 54.3 Å². The van der Waals surface area contributed by atoms with Crippen LogP contribution in [-0.4, -0.2) is 90.5 Å². The van der Waals surface area contributed by atoms with Gasteiger partial charge in [-0.15, -0.1) is 0 Å². The Morgan fingerprint density at radius 1 is 0.655 bits per heavy atom.